The minimum absolute atomic E-state index is 0.0135. The summed E-state index contributed by atoms with van der Waals surface area (Å²) in [6.45, 7) is 0.0135. The summed E-state index contributed by atoms with van der Waals surface area (Å²) in [7, 11) is -4.39. The van der Waals surface area contributed by atoms with Crippen molar-refractivity contribution in [1.82, 2.24) is 0 Å². The van der Waals surface area contributed by atoms with Crippen LogP contribution in [0.4, 0.5) is 3.89 Å². The number of azide groups is 1. The van der Waals surface area contributed by atoms with Crippen molar-refractivity contribution in [2.45, 2.75) is 6.42 Å². The van der Waals surface area contributed by atoms with Crippen LogP contribution < -0.4 is 0 Å². The predicted octanol–water partition coefficient (Wildman–Crippen LogP) is 0.986. The van der Waals surface area contributed by atoms with E-state index in [4.69, 9.17) is 5.53 Å². The Bertz CT molecular complexity index is 230. The highest BCUT2D eigenvalue weighted by Gasteiger charge is 2.04. The summed E-state index contributed by atoms with van der Waals surface area (Å²) in [5, 5.41) is 3.02. The highest BCUT2D eigenvalue weighted by atomic mass is 32.3. The van der Waals surface area contributed by atoms with E-state index in [9.17, 15) is 12.3 Å². The molecule has 7 heteroatoms. The van der Waals surface area contributed by atoms with Gasteiger partial charge in [0, 0.05) is 11.5 Å². The molecule has 0 atom stereocenters. The van der Waals surface area contributed by atoms with Crippen molar-refractivity contribution in [2.24, 2.45) is 5.11 Å². The normalized spacial score (nSPS) is 10.5. The number of hydrogen-bond donors (Lipinski definition) is 0. The molecule has 5 nitrogen and oxygen atoms in total. The first-order valence-electron chi connectivity index (χ1n) is 2.49. The number of hydrogen-bond acceptors (Lipinski definition) is 3. The van der Waals surface area contributed by atoms with E-state index in [1.165, 1.54) is 0 Å². The molecule has 0 saturated heterocycles. The van der Waals surface area contributed by atoms with E-state index in [0.29, 0.717) is 0 Å². The van der Waals surface area contributed by atoms with Crippen LogP contribution in [-0.2, 0) is 10.2 Å². The predicted molar refractivity (Wildman–Crippen MR) is 33.5 cm³/mol. The molecule has 0 rings (SSSR count). The molecule has 0 amide bonds. The molecule has 0 aromatic heterocycles. The third-order valence-electron chi connectivity index (χ3n) is 0.710. The van der Waals surface area contributed by atoms with Crippen LogP contribution in [0.2, 0.25) is 0 Å². The third kappa shape index (κ3) is 7.19. The lowest BCUT2D eigenvalue weighted by Crippen LogP contribution is -1.99. The van der Waals surface area contributed by atoms with Crippen LogP contribution in [0, 0.1) is 0 Å². The number of rotatable bonds is 4. The van der Waals surface area contributed by atoms with Crippen LogP contribution in [0.1, 0.15) is 6.42 Å². The topological polar surface area (TPSA) is 82.9 Å². The van der Waals surface area contributed by atoms with E-state index < -0.39 is 16.0 Å². The Balaban J connectivity index is 3.48. The molecule has 0 aliphatic rings. The highest BCUT2D eigenvalue weighted by Crippen LogP contribution is 1.94. The summed E-state index contributed by atoms with van der Waals surface area (Å²) in [4.78, 5) is 2.36. The fourth-order valence-electron chi connectivity index (χ4n) is 0.352. The van der Waals surface area contributed by atoms with Gasteiger partial charge in [-0.25, -0.2) is 0 Å². The van der Waals surface area contributed by atoms with Gasteiger partial charge in [0.05, 0.1) is 5.75 Å². The van der Waals surface area contributed by atoms with Crippen molar-refractivity contribution in [3.63, 3.8) is 0 Å². The minimum atomic E-state index is -4.39. The fraction of sp³-hybridized carbons (Fsp3) is 1.00. The zero-order valence-electron chi connectivity index (χ0n) is 5.07. The lowest BCUT2D eigenvalue weighted by Gasteiger charge is -1.87. The minimum Gasteiger partial charge on any atom is -0.195 e. The molecule has 0 radical (unpaired) electrons. The van der Waals surface area contributed by atoms with Crippen LogP contribution in [0.3, 0.4) is 0 Å². The van der Waals surface area contributed by atoms with Crippen molar-refractivity contribution in [2.75, 3.05) is 12.3 Å². The summed E-state index contributed by atoms with van der Waals surface area (Å²) in [5.41, 5.74) is 7.71. The first-order valence-corrected chi connectivity index (χ1v) is 4.05. The lowest BCUT2D eigenvalue weighted by atomic mass is 10.5. The quantitative estimate of drug-likeness (QED) is 0.205. The second-order valence-electron chi connectivity index (χ2n) is 1.55. The standard InChI is InChI=1S/C3H6FN3O2S/c4-10(8,9)3-1-2-6-7-5/h1-3H2. The maximum atomic E-state index is 11.7. The Kier molecular flexibility index (Phi) is 3.75. The molecule has 0 aromatic rings. The molecule has 0 bridgehead atoms. The summed E-state index contributed by atoms with van der Waals surface area (Å²) in [6, 6.07) is 0. The van der Waals surface area contributed by atoms with Crippen molar-refractivity contribution in [3.8, 4) is 0 Å². The van der Waals surface area contributed by atoms with Gasteiger partial charge in [0.2, 0.25) is 0 Å². The molecule has 0 aromatic carbocycles. The summed E-state index contributed by atoms with van der Waals surface area (Å²) in [5.74, 6) is -0.577. The Morgan fingerprint density at radius 2 is 2.20 bits per heavy atom. The van der Waals surface area contributed by atoms with Crippen molar-refractivity contribution in [1.29, 1.82) is 0 Å². The molecular formula is C3H6FN3O2S. The zero-order chi connectivity index (χ0) is 8.04. The van der Waals surface area contributed by atoms with E-state index in [0.717, 1.165) is 0 Å². The van der Waals surface area contributed by atoms with Gasteiger partial charge in [-0.2, -0.15) is 8.42 Å². The van der Waals surface area contributed by atoms with Gasteiger partial charge in [0.1, 0.15) is 0 Å². The van der Waals surface area contributed by atoms with Gasteiger partial charge in [-0.3, -0.25) is 0 Å². The maximum absolute atomic E-state index is 11.7. The molecule has 0 aliphatic carbocycles. The van der Waals surface area contributed by atoms with Gasteiger partial charge in [-0.15, -0.1) is 3.89 Å². The van der Waals surface area contributed by atoms with Crippen molar-refractivity contribution < 1.29 is 12.3 Å². The Labute approximate surface area is 57.7 Å². The van der Waals surface area contributed by atoms with Crippen LogP contribution >= 0.6 is 0 Å². The second-order valence-corrected chi connectivity index (χ2v) is 3.04. The monoisotopic (exact) mass is 167 g/mol. The van der Waals surface area contributed by atoms with Gasteiger partial charge in [0.25, 0.3) is 0 Å². The van der Waals surface area contributed by atoms with E-state index in [2.05, 4.69) is 10.0 Å². The van der Waals surface area contributed by atoms with Crippen LogP contribution in [-0.4, -0.2) is 20.7 Å². The van der Waals surface area contributed by atoms with Gasteiger partial charge in [-0.05, 0) is 12.0 Å². The van der Waals surface area contributed by atoms with Crippen LogP contribution in [0.15, 0.2) is 5.11 Å². The first kappa shape index (κ1) is 9.19. The molecule has 0 aliphatic heterocycles. The largest absolute Gasteiger partial charge is 0.302 e. The van der Waals surface area contributed by atoms with E-state index in [1.807, 2.05) is 0 Å². The van der Waals surface area contributed by atoms with Crippen LogP contribution in [0.5, 0.6) is 0 Å². The smallest absolute Gasteiger partial charge is 0.195 e. The fourth-order valence-corrected chi connectivity index (χ4v) is 0.826. The van der Waals surface area contributed by atoms with Gasteiger partial charge < -0.3 is 0 Å². The SMILES string of the molecule is [N-]=[N+]=NCCCS(=O)(=O)F. The zero-order valence-corrected chi connectivity index (χ0v) is 5.88. The van der Waals surface area contributed by atoms with Crippen molar-refractivity contribution >= 4 is 10.2 Å². The first-order chi connectivity index (χ1) is 4.56. The second kappa shape index (κ2) is 4.08. The van der Waals surface area contributed by atoms with Crippen molar-refractivity contribution in [3.05, 3.63) is 10.4 Å². The molecule has 0 spiro atoms. The molecule has 0 fully saturated rings. The molecule has 0 heterocycles. The molecule has 58 valence electrons. The average molecular weight is 167 g/mol. The van der Waals surface area contributed by atoms with Crippen LogP contribution in [0.25, 0.3) is 10.4 Å². The average Bonchev–Trinajstić information content (AvgIpc) is 1.78. The Hall–Kier alpha value is -0.810. The van der Waals surface area contributed by atoms with Gasteiger partial charge in [0.15, 0.2) is 0 Å². The Morgan fingerprint density at radius 3 is 2.60 bits per heavy atom. The molecular weight excluding hydrogens is 161 g/mol. The Morgan fingerprint density at radius 1 is 1.60 bits per heavy atom. The van der Waals surface area contributed by atoms with E-state index in [1.54, 1.807) is 0 Å². The van der Waals surface area contributed by atoms with E-state index >= 15 is 0 Å². The molecule has 10 heavy (non-hydrogen) atoms. The summed E-state index contributed by atoms with van der Waals surface area (Å²) in [6.07, 6.45) is 0.0306. The van der Waals surface area contributed by atoms with Gasteiger partial charge in [-0.1, -0.05) is 5.11 Å². The molecule has 0 unspecified atom stereocenters. The molecule has 0 saturated carbocycles. The van der Waals surface area contributed by atoms with Gasteiger partial charge >= 0.3 is 10.2 Å². The summed E-state index contributed by atoms with van der Waals surface area (Å²) >= 11 is 0. The molecule has 0 N–H and O–H groups in total. The third-order valence-corrected chi connectivity index (χ3v) is 1.49. The maximum Gasteiger partial charge on any atom is 0.302 e. The highest BCUT2D eigenvalue weighted by molar-refractivity contribution is 7.86. The summed E-state index contributed by atoms with van der Waals surface area (Å²) < 4.78 is 31.2. The lowest BCUT2D eigenvalue weighted by molar-refractivity contribution is 0.549. The number of halogens is 1. The van der Waals surface area contributed by atoms with E-state index in [-0.39, 0.29) is 13.0 Å². The number of nitrogens with zero attached hydrogens (tertiary/aromatic N) is 3.